The number of rotatable bonds is 5. The minimum atomic E-state index is -3.64. The number of sulfone groups is 2. The maximum Gasteiger partial charge on any atom is 0.335 e. The molecule has 1 atom stereocenters. The van der Waals surface area contributed by atoms with Crippen molar-refractivity contribution in [1.29, 1.82) is 0 Å². The van der Waals surface area contributed by atoms with Crippen molar-refractivity contribution >= 4 is 31.3 Å². The average Bonchev–Trinajstić information content (AvgIpc) is 2.67. The zero-order valence-electron chi connectivity index (χ0n) is 15.3. The van der Waals surface area contributed by atoms with Gasteiger partial charge in [-0.15, -0.1) is 0 Å². The first kappa shape index (κ1) is 20.3. The highest BCUT2D eigenvalue weighted by Gasteiger charge is 2.32. The number of benzene rings is 2. The number of anilines is 1. The first-order valence-corrected chi connectivity index (χ1v) is 12.1. The second-order valence-electron chi connectivity index (χ2n) is 6.85. The Morgan fingerprint density at radius 3 is 2.32 bits per heavy atom. The molecule has 0 aromatic heterocycles. The van der Waals surface area contributed by atoms with Crippen molar-refractivity contribution in [2.75, 3.05) is 24.2 Å². The molecule has 2 aromatic carbocycles. The summed E-state index contributed by atoms with van der Waals surface area (Å²) >= 11 is 0. The maximum absolute atomic E-state index is 13.0. The first-order valence-electron chi connectivity index (χ1n) is 8.71. The monoisotopic (exact) mass is 423 g/mol. The third kappa shape index (κ3) is 4.20. The van der Waals surface area contributed by atoms with Crippen molar-refractivity contribution in [2.45, 2.75) is 27.9 Å². The van der Waals surface area contributed by atoms with Gasteiger partial charge < -0.3 is 10.0 Å². The van der Waals surface area contributed by atoms with Gasteiger partial charge in [-0.25, -0.2) is 21.6 Å². The zero-order valence-corrected chi connectivity index (χ0v) is 16.9. The molecule has 0 radical (unpaired) electrons. The number of carboxylic acids is 1. The van der Waals surface area contributed by atoms with Crippen molar-refractivity contribution in [1.82, 2.24) is 0 Å². The van der Waals surface area contributed by atoms with Gasteiger partial charge in [-0.3, -0.25) is 0 Å². The van der Waals surface area contributed by atoms with Gasteiger partial charge in [0.15, 0.2) is 19.7 Å². The Balaban J connectivity index is 1.85. The fourth-order valence-corrected chi connectivity index (χ4v) is 5.73. The van der Waals surface area contributed by atoms with Crippen LogP contribution in [-0.4, -0.2) is 52.5 Å². The number of hydrogen-bond donors (Lipinski definition) is 1. The van der Waals surface area contributed by atoms with E-state index < -0.39 is 30.9 Å². The number of aromatic carboxylic acids is 1. The maximum atomic E-state index is 13.0. The van der Waals surface area contributed by atoms with Crippen molar-refractivity contribution in [2.24, 2.45) is 0 Å². The molecule has 0 amide bonds. The van der Waals surface area contributed by atoms with E-state index in [-0.39, 0.29) is 21.9 Å². The average molecular weight is 424 g/mol. The smallest absolute Gasteiger partial charge is 0.335 e. The molecule has 9 heteroatoms. The summed E-state index contributed by atoms with van der Waals surface area (Å²) in [6.45, 7) is 0.882. The Kier molecular flexibility index (Phi) is 5.49. The normalized spacial score (nSPS) is 18.0. The number of piperidine rings is 1. The molecule has 1 aliphatic heterocycles. The van der Waals surface area contributed by atoms with E-state index in [1.165, 1.54) is 30.3 Å². The summed E-state index contributed by atoms with van der Waals surface area (Å²) in [6, 6.07) is 11.7. The lowest BCUT2D eigenvalue weighted by Crippen LogP contribution is -2.42. The van der Waals surface area contributed by atoms with Gasteiger partial charge in [0, 0.05) is 25.0 Å². The van der Waals surface area contributed by atoms with Crippen molar-refractivity contribution < 1.29 is 26.7 Å². The van der Waals surface area contributed by atoms with E-state index in [1.54, 1.807) is 18.2 Å². The van der Waals surface area contributed by atoms with E-state index in [0.29, 0.717) is 25.1 Å². The SMILES string of the molecule is CS(=O)(=O)c1cccc(N2CCCC(S(=O)(=O)c3ccc(C(=O)O)cc3)C2)c1. The van der Waals surface area contributed by atoms with E-state index in [1.807, 2.05) is 4.90 Å². The van der Waals surface area contributed by atoms with Gasteiger partial charge in [-0.05, 0) is 55.3 Å². The fourth-order valence-electron chi connectivity index (χ4n) is 3.32. The van der Waals surface area contributed by atoms with Crippen LogP contribution in [0.15, 0.2) is 58.3 Å². The van der Waals surface area contributed by atoms with Gasteiger partial charge in [0.25, 0.3) is 0 Å². The molecule has 0 bridgehead atoms. The van der Waals surface area contributed by atoms with Crippen molar-refractivity contribution in [3.05, 3.63) is 54.1 Å². The van der Waals surface area contributed by atoms with Crippen LogP contribution in [0, 0.1) is 0 Å². The molecular weight excluding hydrogens is 402 g/mol. The Morgan fingerprint density at radius 2 is 1.71 bits per heavy atom. The molecule has 1 saturated heterocycles. The zero-order chi connectivity index (χ0) is 20.5. The molecule has 28 heavy (non-hydrogen) atoms. The van der Waals surface area contributed by atoms with E-state index in [0.717, 1.165) is 6.26 Å². The number of nitrogens with zero attached hydrogens (tertiary/aromatic N) is 1. The Morgan fingerprint density at radius 1 is 1.04 bits per heavy atom. The lowest BCUT2D eigenvalue weighted by Gasteiger charge is -2.34. The van der Waals surface area contributed by atoms with Crippen LogP contribution in [0.3, 0.4) is 0 Å². The molecule has 0 aliphatic carbocycles. The molecule has 1 fully saturated rings. The Hall–Kier alpha value is -2.39. The quantitative estimate of drug-likeness (QED) is 0.785. The van der Waals surface area contributed by atoms with Crippen LogP contribution in [0.1, 0.15) is 23.2 Å². The van der Waals surface area contributed by atoms with Crippen LogP contribution in [-0.2, 0) is 19.7 Å². The summed E-state index contributed by atoms with van der Waals surface area (Å²) in [7, 11) is -6.99. The second-order valence-corrected chi connectivity index (χ2v) is 11.1. The molecule has 0 saturated carbocycles. The predicted octanol–water partition coefficient (Wildman–Crippen LogP) is 2.23. The van der Waals surface area contributed by atoms with E-state index in [4.69, 9.17) is 5.11 Å². The minimum Gasteiger partial charge on any atom is -0.478 e. The van der Waals surface area contributed by atoms with Gasteiger partial charge in [-0.2, -0.15) is 0 Å². The summed E-state index contributed by atoms with van der Waals surface area (Å²) in [5.41, 5.74) is 0.700. The Bertz CT molecular complexity index is 1090. The van der Waals surface area contributed by atoms with Crippen LogP contribution in [0.2, 0.25) is 0 Å². The number of carbonyl (C=O) groups is 1. The van der Waals surface area contributed by atoms with E-state index in [2.05, 4.69) is 0 Å². The summed E-state index contributed by atoms with van der Waals surface area (Å²) in [5.74, 6) is -1.11. The molecule has 2 aromatic rings. The molecule has 1 aliphatic rings. The van der Waals surface area contributed by atoms with Gasteiger partial charge in [0.1, 0.15) is 0 Å². The summed E-state index contributed by atoms with van der Waals surface area (Å²) in [6.07, 6.45) is 2.28. The topological polar surface area (TPSA) is 109 Å². The molecule has 7 nitrogen and oxygen atoms in total. The highest BCUT2D eigenvalue weighted by molar-refractivity contribution is 7.92. The molecule has 0 spiro atoms. The first-order chi connectivity index (χ1) is 13.1. The predicted molar refractivity (Wildman–Crippen MR) is 105 cm³/mol. The minimum absolute atomic E-state index is 0.0295. The molecular formula is C19H21NO6S2. The molecule has 3 rings (SSSR count). The van der Waals surface area contributed by atoms with Crippen LogP contribution < -0.4 is 4.90 Å². The van der Waals surface area contributed by atoms with E-state index in [9.17, 15) is 21.6 Å². The van der Waals surface area contributed by atoms with Gasteiger partial charge >= 0.3 is 5.97 Å². The van der Waals surface area contributed by atoms with Crippen molar-refractivity contribution in [3.8, 4) is 0 Å². The summed E-state index contributed by atoms with van der Waals surface area (Å²) < 4.78 is 49.6. The van der Waals surface area contributed by atoms with Crippen LogP contribution in [0.5, 0.6) is 0 Å². The summed E-state index contributed by atoms with van der Waals surface area (Å²) in [4.78, 5) is 13.1. The van der Waals surface area contributed by atoms with Gasteiger partial charge in [0.2, 0.25) is 0 Å². The Labute approximate surface area is 164 Å². The lowest BCUT2D eigenvalue weighted by atomic mass is 10.1. The highest BCUT2D eigenvalue weighted by Crippen LogP contribution is 2.28. The number of carboxylic acid groups (broad SMARTS) is 1. The van der Waals surface area contributed by atoms with Crippen LogP contribution in [0.4, 0.5) is 5.69 Å². The third-order valence-electron chi connectivity index (χ3n) is 4.86. The van der Waals surface area contributed by atoms with Crippen molar-refractivity contribution in [3.63, 3.8) is 0 Å². The number of hydrogen-bond acceptors (Lipinski definition) is 6. The fraction of sp³-hybridized carbons (Fsp3) is 0.316. The highest BCUT2D eigenvalue weighted by atomic mass is 32.2. The second kappa shape index (κ2) is 7.56. The lowest BCUT2D eigenvalue weighted by molar-refractivity contribution is 0.0696. The standard InChI is InChI=1S/C19H21NO6S2/c1-27(23,24)17-5-2-4-15(12-17)20-11-3-6-18(13-20)28(25,26)16-9-7-14(8-10-16)19(21)22/h2,4-5,7-10,12,18H,3,6,11,13H2,1H3,(H,21,22). The molecule has 1 N–H and O–H groups in total. The molecule has 150 valence electrons. The van der Waals surface area contributed by atoms with E-state index >= 15 is 0 Å². The third-order valence-corrected chi connectivity index (χ3v) is 8.16. The molecule has 1 unspecified atom stereocenters. The van der Waals surface area contributed by atoms with Gasteiger partial charge in [0.05, 0.1) is 20.6 Å². The summed E-state index contributed by atoms with van der Waals surface area (Å²) in [5, 5.41) is 8.31. The molecule has 1 heterocycles. The van der Waals surface area contributed by atoms with Gasteiger partial charge in [-0.1, -0.05) is 6.07 Å². The van der Waals surface area contributed by atoms with Crippen LogP contribution >= 0.6 is 0 Å². The largest absolute Gasteiger partial charge is 0.478 e. The van der Waals surface area contributed by atoms with Crippen LogP contribution in [0.25, 0.3) is 0 Å².